The molecule has 3 rings (SSSR count). The standard InChI is InChI=1S/C26H32O/c1-3-5-19-27-20-22-9-13-24(14-10-22)26-17-15-25(16-18-26)23-11-7-21(6-4-2)8-12-23/h3-4,6,9-10,13-18,21,23H,1,5,7-8,11-12,19-20H2,2H3. The number of ether oxygens (including phenoxy) is 1. The molecule has 0 radical (unpaired) electrons. The van der Waals surface area contributed by atoms with Gasteiger partial charge in [0.15, 0.2) is 0 Å². The normalized spacial score (nSPS) is 20.0. The summed E-state index contributed by atoms with van der Waals surface area (Å²) in [5.74, 6) is 1.53. The summed E-state index contributed by atoms with van der Waals surface area (Å²) in [5.41, 5.74) is 5.29. The van der Waals surface area contributed by atoms with E-state index in [4.69, 9.17) is 4.74 Å². The second kappa shape index (κ2) is 10.3. The minimum atomic E-state index is 0.670. The van der Waals surface area contributed by atoms with E-state index in [1.165, 1.54) is 47.9 Å². The van der Waals surface area contributed by atoms with Crippen molar-refractivity contribution in [1.29, 1.82) is 0 Å². The van der Waals surface area contributed by atoms with E-state index in [0.717, 1.165) is 24.9 Å². The van der Waals surface area contributed by atoms with Crippen molar-refractivity contribution in [2.75, 3.05) is 6.61 Å². The molecule has 2 aromatic rings. The fourth-order valence-corrected chi connectivity index (χ4v) is 4.01. The van der Waals surface area contributed by atoms with Gasteiger partial charge in [-0.15, -0.1) is 6.58 Å². The van der Waals surface area contributed by atoms with Gasteiger partial charge in [0.2, 0.25) is 0 Å². The first-order valence-corrected chi connectivity index (χ1v) is 10.3. The summed E-state index contributed by atoms with van der Waals surface area (Å²) in [5, 5.41) is 0. The molecule has 1 heteroatoms. The van der Waals surface area contributed by atoms with Crippen LogP contribution in [-0.4, -0.2) is 6.61 Å². The maximum Gasteiger partial charge on any atom is 0.0717 e. The van der Waals surface area contributed by atoms with Crippen molar-refractivity contribution in [3.05, 3.63) is 84.5 Å². The van der Waals surface area contributed by atoms with Crippen molar-refractivity contribution >= 4 is 0 Å². The highest BCUT2D eigenvalue weighted by atomic mass is 16.5. The predicted molar refractivity (Wildman–Crippen MR) is 116 cm³/mol. The van der Waals surface area contributed by atoms with Gasteiger partial charge in [-0.25, -0.2) is 0 Å². The van der Waals surface area contributed by atoms with E-state index in [0.29, 0.717) is 6.61 Å². The molecule has 1 nitrogen and oxygen atoms in total. The summed E-state index contributed by atoms with van der Waals surface area (Å²) < 4.78 is 5.64. The molecule has 0 atom stereocenters. The second-order valence-corrected chi connectivity index (χ2v) is 7.59. The molecular weight excluding hydrogens is 328 g/mol. The molecular formula is C26H32O. The lowest BCUT2D eigenvalue weighted by atomic mass is 9.78. The molecule has 1 aliphatic carbocycles. The van der Waals surface area contributed by atoms with Crippen LogP contribution in [0.25, 0.3) is 11.1 Å². The van der Waals surface area contributed by atoms with Crippen molar-refractivity contribution in [3.8, 4) is 11.1 Å². The zero-order valence-corrected chi connectivity index (χ0v) is 16.6. The monoisotopic (exact) mass is 360 g/mol. The van der Waals surface area contributed by atoms with Gasteiger partial charge < -0.3 is 4.74 Å². The third-order valence-corrected chi connectivity index (χ3v) is 5.64. The molecule has 0 aromatic heterocycles. The third kappa shape index (κ3) is 5.68. The van der Waals surface area contributed by atoms with Gasteiger partial charge in [0.25, 0.3) is 0 Å². The van der Waals surface area contributed by atoms with Crippen molar-refractivity contribution in [2.24, 2.45) is 5.92 Å². The Morgan fingerprint density at radius 2 is 1.56 bits per heavy atom. The Bertz CT molecular complexity index is 716. The van der Waals surface area contributed by atoms with Crippen LogP contribution in [0, 0.1) is 5.92 Å². The molecule has 0 N–H and O–H groups in total. The number of allylic oxidation sites excluding steroid dienone is 2. The van der Waals surface area contributed by atoms with Gasteiger partial charge in [-0.05, 0) is 73.1 Å². The number of hydrogen-bond acceptors (Lipinski definition) is 1. The van der Waals surface area contributed by atoms with Crippen LogP contribution < -0.4 is 0 Å². The van der Waals surface area contributed by atoms with Crippen LogP contribution >= 0.6 is 0 Å². The van der Waals surface area contributed by atoms with E-state index in [9.17, 15) is 0 Å². The number of hydrogen-bond donors (Lipinski definition) is 0. The predicted octanol–water partition coefficient (Wildman–Crippen LogP) is 7.30. The average Bonchev–Trinajstić information content (AvgIpc) is 2.73. The zero-order chi connectivity index (χ0) is 18.9. The van der Waals surface area contributed by atoms with Gasteiger partial charge in [-0.2, -0.15) is 0 Å². The molecule has 1 fully saturated rings. The molecule has 0 unspecified atom stereocenters. The van der Waals surface area contributed by atoms with E-state index in [1.54, 1.807) is 0 Å². The summed E-state index contributed by atoms with van der Waals surface area (Å²) in [6.07, 6.45) is 12.7. The summed E-state index contributed by atoms with van der Waals surface area (Å²) in [6.45, 7) is 7.26. The lowest BCUT2D eigenvalue weighted by molar-refractivity contribution is 0.125. The molecule has 0 heterocycles. The topological polar surface area (TPSA) is 9.23 Å². The Hall–Kier alpha value is -2.12. The highest BCUT2D eigenvalue weighted by molar-refractivity contribution is 5.64. The quantitative estimate of drug-likeness (QED) is 0.354. The Morgan fingerprint density at radius 1 is 0.926 bits per heavy atom. The smallest absolute Gasteiger partial charge is 0.0717 e. The van der Waals surface area contributed by atoms with Crippen LogP contribution in [0.4, 0.5) is 0 Å². The van der Waals surface area contributed by atoms with Crippen molar-refractivity contribution < 1.29 is 4.74 Å². The summed E-state index contributed by atoms with van der Waals surface area (Å²) >= 11 is 0. The lowest BCUT2D eigenvalue weighted by Crippen LogP contribution is -2.11. The molecule has 27 heavy (non-hydrogen) atoms. The van der Waals surface area contributed by atoms with Gasteiger partial charge in [0.05, 0.1) is 13.2 Å². The van der Waals surface area contributed by atoms with Crippen LogP contribution in [-0.2, 0) is 11.3 Å². The first-order chi connectivity index (χ1) is 13.3. The van der Waals surface area contributed by atoms with E-state index < -0.39 is 0 Å². The van der Waals surface area contributed by atoms with Gasteiger partial charge >= 0.3 is 0 Å². The molecule has 2 aromatic carbocycles. The Balaban J connectivity index is 1.56. The van der Waals surface area contributed by atoms with Crippen LogP contribution in [0.15, 0.2) is 73.3 Å². The van der Waals surface area contributed by atoms with Gasteiger partial charge in [0, 0.05) is 0 Å². The maximum absolute atomic E-state index is 5.64. The fourth-order valence-electron chi connectivity index (χ4n) is 4.01. The number of rotatable bonds is 8. The molecule has 0 bridgehead atoms. The van der Waals surface area contributed by atoms with Crippen LogP contribution in [0.5, 0.6) is 0 Å². The zero-order valence-electron chi connectivity index (χ0n) is 16.6. The molecule has 142 valence electrons. The van der Waals surface area contributed by atoms with E-state index in [2.05, 4.69) is 74.2 Å². The molecule has 0 spiro atoms. The van der Waals surface area contributed by atoms with E-state index in [1.807, 2.05) is 6.08 Å². The molecule has 1 aliphatic rings. The van der Waals surface area contributed by atoms with E-state index >= 15 is 0 Å². The molecule has 0 aliphatic heterocycles. The Labute approximate surface area is 164 Å². The third-order valence-electron chi connectivity index (χ3n) is 5.64. The number of benzene rings is 2. The van der Waals surface area contributed by atoms with Gasteiger partial charge in [-0.1, -0.05) is 66.8 Å². The van der Waals surface area contributed by atoms with Crippen LogP contribution in [0.2, 0.25) is 0 Å². The fraction of sp³-hybridized carbons (Fsp3) is 0.385. The van der Waals surface area contributed by atoms with Gasteiger partial charge in [0.1, 0.15) is 0 Å². The highest BCUT2D eigenvalue weighted by Gasteiger charge is 2.20. The SMILES string of the molecule is C=CCCOCc1ccc(-c2ccc(C3CCC(C=CC)CC3)cc2)cc1. The van der Waals surface area contributed by atoms with Crippen LogP contribution in [0.1, 0.15) is 56.1 Å². The Kier molecular flexibility index (Phi) is 7.47. The Morgan fingerprint density at radius 3 is 2.15 bits per heavy atom. The lowest BCUT2D eigenvalue weighted by Gasteiger charge is -2.27. The summed E-state index contributed by atoms with van der Waals surface area (Å²) in [7, 11) is 0. The van der Waals surface area contributed by atoms with Crippen molar-refractivity contribution in [1.82, 2.24) is 0 Å². The molecule has 0 amide bonds. The average molecular weight is 361 g/mol. The van der Waals surface area contributed by atoms with Crippen molar-refractivity contribution in [3.63, 3.8) is 0 Å². The summed E-state index contributed by atoms with van der Waals surface area (Å²) in [6, 6.07) is 18.0. The van der Waals surface area contributed by atoms with E-state index in [-0.39, 0.29) is 0 Å². The van der Waals surface area contributed by atoms with Gasteiger partial charge in [-0.3, -0.25) is 0 Å². The minimum Gasteiger partial charge on any atom is -0.376 e. The van der Waals surface area contributed by atoms with Crippen molar-refractivity contribution in [2.45, 2.75) is 51.6 Å². The molecule has 1 saturated carbocycles. The second-order valence-electron chi connectivity index (χ2n) is 7.59. The largest absolute Gasteiger partial charge is 0.376 e. The highest BCUT2D eigenvalue weighted by Crippen LogP contribution is 2.36. The minimum absolute atomic E-state index is 0.670. The molecule has 0 saturated heterocycles. The first kappa shape index (κ1) is 19.6. The first-order valence-electron chi connectivity index (χ1n) is 10.3. The summed E-state index contributed by atoms with van der Waals surface area (Å²) in [4.78, 5) is 0. The van der Waals surface area contributed by atoms with Crippen LogP contribution in [0.3, 0.4) is 0 Å². The maximum atomic E-state index is 5.64.